The van der Waals surface area contributed by atoms with Crippen molar-refractivity contribution in [3.63, 3.8) is 0 Å². The summed E-state index contributed by atoms with van der Waals surface area (Å²) < 4.78 is 5.57. The summed E-state index contributed by atoms with van der Waals surface area (Å²) >= 11 is 0. The maximum atomic E-state index is 13.0. The Morgan fingerprint density at radius 3 is 2.06 bits per heavy atom. The Bertz CT molecular complexity index is 1070. The Morgan fingerprint density at radius 1 is 1.00 bits per heavy atom. The number of ether oxygens (including phenoxy) is 1. The second-order valence-corrected chi connectivity index (χ2v) is 9.83. The summed E-state index contributed by atoms with van der Waals surface area (Å²) in [4.78, 5) is 37.4. The highest BCUT2D eigenvalue weighted by atomic mass is 16.5. The van der Waals surface area contributed by atoms with Crippen LogP contribution < -0.4 is 10.6 Å². The molecule has 2 amide bonds. The van der Waals surface area contributed by atoms with Gasteiger partial charge in [-0.05, 0) is 61.3 Å². The van der Waals surface area contributed by atoms with Crippen LogP contribution in [0.4, 0.5) is 4.79 Å². The van der Waals surface area contributed by atoms with E-state index in [-0.39, 0.29) is 30.9 Å². The molecule has 180 valence electrons. The van der Waals surface area contributed by atoms with E-state index in [1.807, 2.05) is 31.2 Å². The lowest BCUT2D eigenvalue weighted by Crippen LogP contribution is -2.59. The van der Waals surface area contributed by atoms with Gasteiger partial charge in [-0.2, -0.15) is 0 Å². The van der Waals surface area contributed by atoms with Crippen molar-refractivity contribution in [3.8, 4) is 11.1 Å². The Hall–Kier alpha value is -3.35. The lowest BCUT2D eigenvalue weighted by atomic mass is 9.84. The third kappa shape index (κ3) is 4.39. The molecule has 3 N–H and O–H groups in total. The molecule has 34 heavy (non-hydrogen) atoms. The first kappa shape index (κ1) is 23.8. The molecule has 2 aliphatic carbocycles. The van der Waals surface area contributed by atoms with Gasteiger partial charge in [-0.25, -0.2) is 9.59 Å². The van der Waals surface area contributed by atoms with Crippen molar-refractivity contribution in [2.75, 3.05) is 13.2 Å². The molecule has 0 aliphatic heterocycles. The van der Waals surface area contributed by atoms with Crippen LogP contribution in [0, 0.1) is 11.3 Å². The second-order valence-electron chi connectivity index (χ2n) is 9.83. The molecule has 2 aromatic carbocycles. The number of hydrogen-bond donors (Lipinski definition) is 3. The number of carboxylic acid groups (broad SMARTS) is 1. The minimum absolute atomic E-state index is 0.0474. The van der Waals surface area contributed by atoms with Gasteiger partial charge in [0, 0.05) is 12.5 Å². The molecule has 0 saturated heterocycles. The second kappa shape index (κ2) is 9.12. The van der Waals surface area contributed by atoms with E-state index in [0.29, 0.717) is 6.42 Å². The van der Waals surface area contributed by atoms with Crippen molar-refractivity contribution < 1.29 is 24.2 Å². The summed E-state index contributed by atoms with van der Waals surface area (Å²) in [7, 11) is 0. The van der Waals surface area contributed by atoms with Crippen LogP contribution in [0.1, 0.15) is 57.1 Å². The zero-order chi connectivity index (χ0) is 24.5. The highest BCUT2D eigenvalue weighted by Crippen LogP contribution is 2.44. The maximum Gasteiger partial charge on any atom is 0.407 e. The first-order valence-electron chi connectivity index (χ1n) is 11.8. The topological polar surface area (TPSA) is 105 Å². The molecule has 2 unspecified atom stereocenters. The fourth-order valence-electron chi connectivity index (χ4n) is 4.66. The van der Waals surface area contributed by atoms with Crippen LogP contribution in [0.5, 0.6) is 0 Å². The van der Waals surface area contributed by atoms with E-state index in [1.165, 1.54) is 0 Å². The summed E-state index contributed by atoms with van der Waals surface area (Å²) in [5.41, 5.74) is 2.30. The molecule has 2 atom stereocenters. The summed E-state index contributed by atoms with van der Waals surface area (Å²) in [6, 6.07) is 16.2. The van der Waals surface area contributed by atoms with Gasteiger partial charge in [-0.3, -0.25) is 4.79 Å². The number of rotatable bonds is 9. The van der Waals surface area contributed by atoms with Crippen LogP contribution in [0.15, 0.2) is 48.5 Å². The van der Waals surface area contributed by atoms with E-state index in [2.05, 4.69) is 34.9 Å². The van der Waals surface area contributed by atoms with Gasteiger partial charge in [0.05, 0.1) is 5.41 Å². The van der Waals surface area contributed by atoms with E-state index >= 15 is 0 Å². The van der Waals surface area contributed by atoms with Gasteiger partial charge >= 0.3 is 12.1 Å². The van der Waals surface area contributed by atoms with E-state index in [0.717, 1.165) is 35.1 Å². The number of amides is 2. The molecule has 0 radical (unpaired) electrons. The Labute approximate surface area is 199 Å². The van der Waals surface area contributed by atoms with E-state index in [4.69, 9.17) is 4.74 Å². The van der Waals surface area contributed by atoms with Gasteiger partial charge in [0.15, 0.2) is 0 Å². The smallest absolute Gasteiger partial charge is 0.407 e. The number of hydrogen-bond acceptors (Lipinski definition) is 4. The van der Waals surface area contributed by atoms with Crippen molar-refractivity contribution in [2.24, 2.45) is 11.3 Å². The normalized spacial score (nSPS) is 18.1. The lowest BCUT2D eigenvalue weighted by molar-refractivity contribution is -0.149. The fraction of sp³-hybridized carbons (Fsp3) is 0.444. The van der Waals surface area contributed by atoms with Crippen molar-refractivity contribution in [1.82, 2.24) is 10.6 Å². The lowest BCUT2D eigenvalue weighted by Gasteiger charge is -2.33. The number of fused-ring (bicyclic) bond motifs is 3. The molecule has 7 heteroatoms. The van der Waals surface area contributed by atoms with Crippen LogP contribution in [0.2, 0.25) is 0 Å². The molecule has 0 spiro atoms. The van der Waals surface area contributed by atoms with Crippen LogP contribution >= 0.6 is 0 Å². The number of aliphatic carboxylic acids is 1. The third-order valence-corrected chi connectivity index (χ3v) is 7.51. The summed E-state index contributed by atoms with van der Waals surface area (Å²) in [6.07, 6.45) is 1.40. The number of alkyl carbamates (subject to hydrolysis) is 1. The van der Waals surface area contributed by atoms with Gasteiger partial charge in [-0.1, -0.05) is 55.5 Å². The number of carbonyl (C=O) groups excluding carboxylic acids is 2. The molecule has 4 rings (SSSR count). The Kier molecular flexibility index (Phi) is 6.39. The zero-order valence-electron chi connectivity index (χ0n) is 19.9. The fourth-order valence-corrected chi connectivity index (χ4v) is 4.66. The summed E-state index contributed by atoms with van der Waals surface area (Å²) in [6.45, 7) is 5.36. The van der Waals surface area contributed by atoms with Gasteiger partial charge in [-0.15, -0.1) is 0 Å². The van der Waals surface area contributed by atoms with Crippen molar-refractivity contribution in [2.45, 2.75) is 51.5 Å². The minimum Gasteiger partial charge on any atom is -0.480 e. The SMILES string of the molecule is CCC(C)(CNC(=O)OCC1c2ccccc2-c2ccccc21)C(=O)NC(C)(C(=O)O)C1CC1. The standard InChI is InChI=1S/C27H32N2O5/c1-4-26(2,23(30)29-27(3,24(31)32)17-13-14-17)16-28-25(33)34-15-22-20-11-7-5-9-18(20)19-10-6-8-12-21(19)22/h5-12,17,22H,4,13-16H2,1-3H3,(H,28,33)(H,29,30)(H,31,32). The average Bonchev–Trinajstić information content (AvgIpc) is 3.65. The van der Waals surface area contributed by atoms with Crippen molar-refractivity contribution >= 4 is 18.0 Å². The minimum atomic E-state index is -1.29. The number of benzene rings is 2. The predicted octanol–water partition coefficient (Wildman–Crippen LogP) is 4.31. The molecule has 1 fully saturated rings. The first-order chi connectivity index (χ1) is 16.2. The number of carboxylic acids is 1. The number of carbonyl (C=O) groups is 3. The van der Waals surface area contributed by atoms with Crippen molar-refractivity contribution in [1.29, 1.82) is 0 Å². The molecule has 0 bridgehead atoms. The highest BCUT2D eigenvalue weighted by molar-refractivity contribution is 5.90. The summed E-state index contributed by atoms with van der Waals surface area (Å²) in [5, 5.41) is 15.1. The van der Waals surface area contributed by atoms with E-state index in [1.54, 1.807) is 13.8 Å². The number of nitrogens with one attached hydrogen (secondary N) is 2. The molecule has 2 aliphatic rings. The molecular formula is C27H32N2O5. The highest BCUT2D eigenvalue weighted by Gasteiger charge is 2.50. The molecule has 0 aromatic heterocycles. The van der Waals surface area contributed by atoms with Gasteiger partial charge in [0.2, 0.25) is 5.91 Å². The summed E-state index contributed by atoms with van der Waals surface area (Å²) in [5.74, 6) is -1.53. The van der Waals surface area contributed by atoms with Gasteiger partial charge < -0.3 is 20.5 Å². The van der Waals surface area contributed by atoms with Crippen molar-refractivity contribution in [3.05, 3.63) is 59.7 Å². The maximum absolute atomic E-state index is 13.0. The van der Waals surface area contributed by atoms with E-state index in [9.17, 15) is 19.5 Å². The molecular weight excluding hydrogens is 432 g/mol. The molecule has 0 heterocycles. The van der Waals surface area contributed by atoms with Crippen LogP contribution in [0.3, 0.4) is 0 Å². The van der Waals surface area contributed by atoms with Crippen LogP contribution in [0.25, 0.3) is 11.1 Å². The Balaban J connectivity index is 1.37. The van der Waals surface area contributed by atoms with E-state index < -0.39 is 23.0 Å². The monoisotopic (exact) mass is 464 g/mol. The first-order valence-corrected chi connectivity index (χ1v) is 11.8. The van der Waals surface area contributed by atoms with Gasteiger partial charge in [0.25, 0.3) is 0 Å². The molecule has 7 nitrogen and oxygen atoms in total. The quantitative estimate of drug-likeness (QED) is 0.513. The average molecular weight is 465 g/mol. The third-order valence-electron chi connectivity index (χ3n) is 7.51. The largest absolute Gasteiger partial charge is 0.480 e. The molecule has 2 aromatic rings. The zero-order valence-corrected chi connectivity index (χ0v) is 19.9. The van der Waals surface area contributed by atoms with Gasteiger partial charge in [0.1, 0.15) is 12.1 Å². The van der Waals surface area contributed by atoms with Crippen LogP contribution in [-0.4, -0.2) is 41.8 Å². The predicted molar refractivity (Wildman–Crippen MR) is 128 cm³/mol. The Morgan fingerprint density at radius 2 is 1.56 bits per heavy atom. The molecule has 1 saturated carbocycles. The van der Waals surface area contributed by atoms with Crippen LogP contribution in [-0.2, 0) is 14.3 Å².